The van der Waals surface area contributed by atoms with Crippen LogP contribution in [0.2, 0.25) is 5.02 Å². The third kappa shape index (κ3) is 7.03. The molecule has 2 aromatic heterocycles. The molecule has 3 heterocycles. The maximum Gasteiger partial charge on any atom is 0.335 e. The molecule has 0 aliphatic carbocycles. The summed E-state index contributed by atoms with van der Waals surface area (Å²) < 4.78 is 10.2. The van der Waals surface area contributed by atoms with E-state index in [0.29, 0.717) is 41.9 Å². The molecule has 1 aliphatic rings. The van der Waals surface area contributed by atoms with Crippen molar-refractivity contribution in [1.29, 1.82) is 5.26 Å². The molecule has 45 heavy (non-hydrogen) atoms. The summed E-state index contributed by atoms with van der Waals surface area (Å²) in [6, 6.07) is 20.9. The summed E-state index contributed by atoms with van der Waals surface area (Å²) in [5, 5.41) is 19.5. The second-order valence-electron chi connectivity index (χ2n) is 11.6. The van der Waals surface area contributed by atoms with Crippen LogP contribution in [-0.2, 0) is 32.7 Å². The van der Waals surface area contributed by atoms with Crippen molar-refractivity contribution in [3.8, 4) is 11.8 Å². The van der Waals surface area contributed by atoms with Crippen molar-refractivity contribution >= 4 is 28.6 Å². The molecule has 5 aromatic rings. The van der Waals surface area contributed by atoms with Crippen molar-refractivity contribution < 1.29 is 14.6 Å². The summed E-state index contributed by atoms with van der Waals surface area (Å²) in [5.74, 6) is 1.10. The van der Waals surface area contributed by atoms with Gasteiger partial charge in [-0.25, -0.2) is 14.8 Å². The van der Waals surface area contributed by atoms with Crippen LogP contribution in [0.25, 0.3) is 11.0 Å². The fourth-order valence-corrected chi connectivity index (χ4v) is 6.31. The van der Waals surface area contributed by atoms with Gasteiger partial charge < -0.3 is 19.0 Å². The minimum atomic E-state index is -0.945. The Balaban J connectivity index is 1.10. The Bertz CT molecular complexity index is 1870. The molecule has 1 aliphatic heterocycles. The van der Waals surface area contributed by atoms with Crippen LogP contribution in [0.1, 0.15) is 58.3 Å². The highest BCUT2D eigenvalue weighted by Gasteiger charge is 2.23. The number of hydrogen-bond acceptors (Lipinski definition) is 6. The monoisotopic (exact) mass is 622 g/mol. The van der Waals surface area contributed by atoms with Gasteiger partial charge in [-0.15, -0.1) is 0 Å². The molecule has 6 rings (SSSR count). The van der Waals surface area contributed by atoms with Gasteiger partial charge in [-0.2, -0.15) is 5.26 Å². The average Bonchev–Trinajstić information content (AvgIpc) is 3.65. The van der Waals surface area contributed by atoms with E-state index in [-0.39, 0.29) is 5.56 Å². The van der Waals surface area contributed by atoms with Gasteiger partial charge in [-0.1, -0.05) is 35.9 Å². The summed E-state index contributed by atoms with van der Waals surface area (Å²) in [7, 11) is 0. The van der Waals surface area contributed by atoms with Crippen molar-refractivity contribution in [3.63, 3.8) is 0 Å². The number of nitrogens with zero attached hydrogens (tertiary/aromatic N) is 6. The summed E-state index contributed by atoms with van der Waals surface area (Å²) in [6.07, 6.45) is 6.87. The van der Waals surface area contributed by atoms with Crippen LogP contribution in [0.15, 0.2) is 73.2 Å². The first-order valence-corrected chi connectivity index (χ1v) is 15.6. The zero-order valence-electron chi connectivity index (χ0n) is 25.2. The Morgan fingerprint density at radius 2 is 1.91 bits per heavy atom. The van der Waals surface area contributed by atoms with Gasteiger partial charge in [0, 0.05) is 17.8 Å². The molecule has 0 radical (unpaired) electrons. The molecule has 0 bridgehead atoms. The van der Waals surface area contributed by atoms with Gasteiger partial charge in [0.1, 0.15) is 24.3 Å². The maximum atomic E-state index is 11.7. The molecule has 0 atom stereocenters. The number of imidazole rings is 2. The lowest BCUT2D eigenvalue weighted by atomic mass is 9.89. The molecule has 3 aromatic carbocycles. The quantitative estimate of drug-likeness (QED) is 0.178. The molecule has 0 saturated carbocycles. The Morgan fingerprint density at radius 1 is 1.09 bits per heavy atom. The van der Waals surface area contributed by atoms with E-state index in [1.54, 1.807) is 36.4 Å². The topological polar surface area (TPSA) is 109 Å². The number of carboxylic acids is 1. The standard InChI is InChI=1S/C35H35ClN6O3/c1-2-41-23-38-19-30(41)20-42-32-17-27(35(43)44)6-8-31(32)39-34(42)21-40-12-10-24(11-13-40)14-25-4-3-5-26(15-25)22-45-33-9-7-29(36)16-28(33)18-37/h3-9,15-17,19,23-24H,2,10-14,20-22H2,1H3,(H,43,44). The molecule has 0 unspecified atom stereocenters. The molecule has 0 spiro atoms. The molecule has 10 heteroatoms. The fourth-order valence-electron chi connectivity index (χ4n) is 6.13. The highest BCUT2D eigenvalue weighted by molar-refractivity contribution is 6.30. The second kappa shape index (κ2) is 13.6. The zero-order chi connectivity index (χ0) is 31.3. The third-order valence-corrected chi connectivity index (χ3v) is 8.81. The van der Waals surface area contributed by atoms with E-state index in [1.807, 2.05) is 18.6 Å². The van der Waals surface area contributed by atoms with E-state index in [0.717, 1.165) is 67.0 Å². The van der Waals surface area contributed by atoms with Crippen molar-refractivity contribution in [3.05, 3.63) is 112 Å². The Labute approximate surface area is 267 Å². The van der Waals surface area contributed by atoms with Gasteiger partial charge in [0.05, 0.1) is 47.3 Å². The maximum absolute atomic E-state index is 11.7. The molecule has 1 saturated heterocycles. The molecule has 230 valence electrons. The number of likely N-dealkylation sites (tertiary alicyclic amines) is 1. The summed E-state index contributed by atoms with van der Waals surface area (Å²) >= 11 is 6.02. The average molecular weight is 623 g/mol. The number of carbonyl (C=O) groups is 1. The van der Waals surface area contributed by atoms with Crippen LogP contribution >= 0.6 is 11.6 Å². The van der Waals surface area contributed by atoms with E-state index < -0.39 is 5.97 Å². The summed E-state index contributed by atoms with van der Waals surface area (Å²) in [4.78, 5) is 23.5. The minimum absolute atomic E-state index is 0.257. The van der Waals surface area contributed by atoms with Gasteiger partial charge in [0.2, 0.25) is 0 Å². The number of aromatic nitrogens is 4. The van der Waals surface area contributed by atoms with E-state index in [4.69, 9.17) is 21.3 Å². The highest BCUT2D eigenvalue weighted by Crippen LogP contribution is 2.27. The number of benzene rings is 3. The van der Waals surface area contributed by atoms with Gasteiger partial charge in [0.15, 0.2) is 0 Å². The summed E-state index contributed by atoms with van der Waals surface area (Å²) in [5.41, 5.74) is 5.73. The van der Waals surface area contributed by atoms with Crippen LogP contribution < -0.4 is 4.74 Å². The number of carboxylic acid groups (broad SMARTS) is 1. The van der Waals surface area contributed by atoms with Crippen LogP contribution in [-0.4, -0.2) is 48.2 Å². The Hall–Kier alpha value is -4.65. The molecule has 1 N–H and O–H groups in total. The number of aryl methyl sites for hydroxylation is 1. The zero-order valence-corrected chi connectivity index (χ0v) is 26.0. The van der Waals surface area contributed by atoms with Crippen molar-refractivity contribution in [2.45, 2.75) is 52.4 Å². The van der Waals surface area contributed by atoms with Gasteiger partial charge in [-0.05, 0) is 92.7 Å². The first-order chi connectivity index (χ1) is 21.9. The van der Waals surface area contributed by atoms with Gasteiger partial charge >= 0.3 is 5.97 Å². The minimum Gasteiger partial charge on any atom is -0.488 e. The number of ether oxygens (including phenoxy) is 1. The lowest BCUT2D eigenvalue weighted by Gasteiger charge is -2.32. The second-order valence-corrected chi connectivity index (χ2v) is 12.0. The van der Waals surface area contributed by atoms with Gasteiger partial charge in [-0.3, -0.25) is 4.90 Å². The van der Waals surface area contributed by atoms with Crippen molar-refractivity contribution in [1.82, 2.24) is 24.0 Å². The van der Waals surface area contributed by atoms with Gasteiger partial charge in [0.25, 0.3) is 0 Å². The Kier molecular flexibility index (Phi) is 9.15. The van der Waals surface area contributed by atoms with Crippen molar-refractivity contribution in [2.24, 2.45) is 5.92 Å². The lowest BCUT2D eigenvalue weighted by molar-refractivity contribution is 0.0697. The largest absolute Gasteiger partial charge is 0.488 e. The van der Waals surface area contributed by atoms with Crippen molar-refractivity contribution in [2.75, 3.05) is 13.1 Å². The normalized spacial score (nSPS) is 14.1. The number of nitriles is 1. The predicted molar refractivity (Wildman–Crippen MR) is 172 cm³/mol. The van der Waals surface area contributed by atoms with Crippen LogP contribution in [0.4, 0.5) is 0 Å². The van der Waals surface area contributed by atoms with E-state index in [2.05, 4.69) is 50.2 Å². The highest BCUT2D eigenvalue weighted by atomic mass is 35.5. The molecule has 1 fully saturated rings. The summed E-state index contributed by atoms with van der Waals surface area (Å²) in [6.45, 7) is 6.50. The number of fused-ring (bicyclic) bond motifs is 1. The number of rotatable bonds is 11. The van der Waals surface area contributed by atoms with E-state index in [1.165, 1.54) is 5.56 Å². The first kappa shape index (κ1) is 30.4. The molecule has 0 amide bonds. The smallest absolute Gasteiger partial charge is 0.335 e. The van der Waals surface area contributed by atoms with E-state index in [9.17, 15) is 15.2 Å². The third-order valence-electron chi connectivity index (χ3n) is 8.58. The number of hydrogen-bond donors (Lipinski definition) is 1. The van der Waals surface area contributed by atoms with Crippen LogP contribution in [0.5, 0.6) is 5.75 Å². The predicted octanol–water partition coefficient (Wildman–Crippen LogP) is 6.56. The molecular weight excluding hydrogens is 588 g/mol. The Morgan fingerprint density at radius 3 is 2.69 bits per heavy atom. The lowest BCUT2D eigenvalue weighted by Crippen LogP contribution is -2.34. The van der Waals surface area contributed by atoms with Crippen LogP contribution in [0, 0.1) is 17.2 Å². The number of halogens is 1. The fraction of sp³-hybridized carbons (Fsp3) is 0.314. The SMILES string of the molecule is CCn1cncc1Cn1c(CN2CCC(Cc3cccc(COc4ccc(Cl)cc4C#N)c3)CC2)nc2ccc(C(=O)O)cc21. The number of aromatic carboxylic acids is 1. The molecule has 9 nitrogen and oxygen atoms in total. The van der Waals surface area contributed by atoms with Crippen LogP contribution in [0.3, 0.4) is 0 Å². The first-order valence-electron chi connectivity index (χ1n) is 15.2. The van der Waals surface area contributed by atoms with E-state index >= 15 is 0 Å². The number of piperidine rings is 1. The molecular formula is C35H35ClN6O3.